The average Bonchev–Trinajstić information content (AvgIpc) is 2.35. The Morgan fingerprint density at radius 1 is 1.25 bits per heavy atom. The minimum Gasteiger partial charge on any atom is -0.493 e. The van der Waals surface area contributed by atoms with Gasteiger partial charge in [0.15, 0.2) is 11.5 Å². The van der Waals surface area contributed by atoms with E-state index < -0.39 is 0 Å². The lowest BCUT2D eigenvalue weighted by Crippen LogP contribution is -2.12. The molecule has 16 heavy (non-hydrogen) atoms. The molecule has 0 aliphatic carbocycles. The van der Waals surface area contributed by atoms with E-state index in [0.29, 0.717) is 5.92 Å². The number of hydrogen-bond acceptors (Lipinski definition) is 4. The molecule has 0 bridgehead atoms. The minimum absolute atomic E-state index is 0.526. The van der Waals surface area contributed by atoms with Gasteiger partial charge in [-0.3, -0.25) is 0 Å². The molecule has 0 aliphatic heterocycles. The predicted molar refractivity (Wildman–Crippen MR) is 68.5 cm³/mol. The Morgan fingerprint density at radius 3 is 2.50 bits per heavy atom. The Morgan fingerprint density at radius 2 is 1.94 bits per heavy atom. The smallest absolute Gasteiger partial charge is 0.161 e. The maximum atomic E-state index is 5.58. The first-order chi connectivity index (χ1) is 7.71. The fourth-order valence-corrected chi connectivity index (χ4v) is 2.18. The van der Waals surface area contributed by atoms with Gasteiger partial charge in [0.1, 0.15) is 0 Å². The molecule has 4 heteroatoms. The Labute approximate surface area is 101 Å². The molecule has 1 rings (SSSR count). The molecular weight excluding hydrogens is 222 g/mol. The van der Waals surface area contributed by atoms with E-state index in [4.69, 9.17) is 15.2 Å². The predicted octanol–water partition coefficient (Wildman–Crippen LogP) is 2.39. The standard InChI is InChI=1S/C12H19NO2S/c1-9(7-13)8-16-10-4-5-11(14-2)12(6-10)15-3/h4-6,9H,7-8,13H2,1-3H3. The topological polar surface area (TPSA) is 44.5 Å². The van der Waals surface area contributed by atoms with Crippen molar-refractivity contribution in [1.29, 1.82) is 0 Å². The van der Waals surface area contributed by atoms with E-state index in [9.17, 15) is 0 Å². The highest BCUT2D eigenvalue weighted by Gasteiger charge is 2.06. The van der Waals surface area contributed by atoms with Gasteiger partial charge in [-0.1, -0.05) is 6.92 Å². The first-order valence-corrected chi connectivity index (χ1v) is 6.24. The molecule has 1 aromatic rings. The van der Waals surface area contributed by atoms with Crippen molar-refractivity contribution in [2.24, 2.45) is 11.7 Å². The first-order valence-electron chi connectivity index (χ1n) is 5.26. The van der Waals surface area contributed by atoms with Crippen LogP contribution in [0.1, 0.15) is 6.92 Å². The van der Waals surface area contributed by atoms with Crippen molar-refractivity contribution in [2.75, 3.05) is 26.5 Å². The van der Waals surface area contributed by atoms with Gasteiger partial charge in [0.25, 0.3) is 0 Å². The molecule has 0 saturated heterocycles. The van der Waals surface area contributed by atoms with Gasteiger partial charge in [-0.25, -0.2) is 0 Å². The summed E-state index contributed by atoms with van der Waals surface area (Å²) in [5, 5.41) is 0. The van der Waals surface area contributed by atoms with E-state index in [-0.39, 0.29) is 0 Å². The van der Waals surface area contributed by atoms with Gasteiger partial charge in [0.05, 0.1) is 14.2 Å². The van der Waals surface area contributed by atoms with E-state index in [0.717, 1.165) is 23.8 Å². The molecule has 0 radical (unpaired) electrons. The summed E-state index contributed by atoms with van der Waals surface area (Å²) in [6.45, 7) is 2.87. The number of hydrogen-bond donors (Lipinski definition) is 1. The molecule has 0 spiro atoms. The molecule has 0 heterocycles. The number of nitrogens with two attached hydrogens (primary N) is 1. The fraction of sp³-hybridized carbons (Fsp3) is 0.500. The van der Waals surface area contributed by atoms with Crippen LogP contribution in [0.15, 0.2) is 23.1 Å². The van der Waals surface area contributed by atoms with Crippen LogP contribution in [0.2, 0.25) is 0 Å². The average molecular weight is 241 g/mol. The highest BCUT2D eigenvalue weighted by molar-refractivity contribution is 7.99. The lowest BCUT2D eigenvalue weighted by molar-refractivity contribution is 0.354. The number of methoxy groups -OCH3 is 2. The van der Waals surface area contributed by atoms with Crippen LogP contribution in [0, 0.1) is 5.92 Å². The minimum atomic E-state index is 0.526. The highest BCUT2D eigenvalue weighted by atomic mass is 32.2. The van der Waals surface area contributed by atoms with Crippen LogP contribution in [0.4, 0.5) is 0 Å². The largest absolute Gasteiger partial charge is 0.493 e. The van der Waals surface area contributed by atoms with Crippen molar-refractivity contribution >= 4 is 11.8 Å². The van der Waals surface area contributed by atoms with E-state index >= 15 is 0 Å². The molecule has 0 aliphatic rings. The van der Waals surface area contributed by atoms with E-state index in [1.54, 1.807) is 26.0 Å². The SMILES string of the molecule is COc1ccc(SCC(C)CN)cc1OC. The monoisotopic (exact) mass is 241 g/mol. The molecule has 2 N–H and O–H groups in total. The van der Waals surface area contributed by atoms with Gasteiger partial charge in [0.2, 0.25) is 0 Å². The second-order valence-corrected chi connectivity index (χ2v) is 4.76. The van der Waals surface area contributed by atoms with Gasteiger partial charge in [-0.15, -0.1) is 11.8 Å². The number of benzene rings is 1. The fourth-order valence-electron chi connectivity index (χ4n) is 1.21. The van der Waals surface area contributed by atoms with Crippen LogP contribution in [-0.2, 0) is 0 Å². The molecule has 3 nitrogen and oxygen atoms in total. The summed E-state index contributed by atoms with van der Waals surface area (Å²) < 4.78 is 10.4. The normalized spacial score (nSPS) is 12.2. The van der Waals surface area contributed by atoms with Crippen LogP contribution in [-0.4, -0.2) is 26.5 Å². The molecule has 1 unspecified atom stereocenters. The number of thioether (sulfide) groups is 1. The Hall–Kier alpha value is -0.870. The van der Waals surface area contributed by atoms with Crippen molar-refractivity contribution in [3.63, 3.8) is 0 Å². The lowest BCUT2D eigenvalue weighted by Gasteiger charge is -2.11. The summed E-state index contributed by atoms with van der Waals surface area (Å²) in [7, 11) is 3.29. The molecule has 0 aromatic heterocycles. The zero-order valence-electron chi connectivity index (χ0n) is 10.0. The molecule has 0 fully saturated rings. The summed E-state index contributed by atoms with van der Waals surface area (Å²) >= 11 is 1.79. The third-order valence-electron chi connectivity index (χ3n) is 2.29. The highest BCUT2D eigenvalue weighted by Crippen LogP contribution is 2.32. The zero-order chi connectivity index (χ0) is 12.0. The summed E-state index contributed by atoms with van der Waals surface area (Å²) in [6.07, 6.45) is 0. The summed E-state index contributed by atoms with van der Waals surface area (Å²) in [6, 6.07) is 5.95. The maximum Gasteiger partial charge on any atom is 0.161 e. The van der Waals surface area contributed by atoms with Crippen LogP contribution < -0.4 is 15.2 Å². The van der Waals surface area contributed by atoms with E-state index in [2.05, 4.69) is 6.92 Å². The van der Waals surface area contributed by atoms with E-state index in [1.165, 1.54) is 4.90 Å². The maximum absolute atomic E-state index is 5.58. The van der Waals surface area contributed by atoms with E-state index in [1.807, 2.05) is 18.2 Å². The van der Waals surface area contributed by atoms with Crippen molar-refractivity contribution in [3.05, 3.63) is 18.2 Å². The quantitative estimate of drug-likeness (QED) is 0.777. The van der Waals surface area contributed by atoms with Crippen molar-refractivity contribution in [2.45, 2.75) is 11.8 Å². The Balaban J connectivity index is 2.67. The van der Waals surface area contributed by atoms with Gasteiger partial charge in [-0.05, 0) is 30.7 Å². The van der Waals surface area contributed by atoms with Crippen LogP contribution in [0.5, 0.6) is 11.5 Å². The van der Waals surface area contributed by atoms with Gasteiger partial charge >= 0.3 is 0 Å². The second kappa shape index (κ2) is 6.66. The summed E-state index contributed by atoms with van der Waals surface area (Å²) in [5.74, 6) is 3.08. The van der Waals surface area contributed by atoms with Gasteiger partial charge in [-0.2, -0.15) is 0 Å². The first kappa shape index (κ1) is 13.2. The van der Waals surface area contributed by atoms with Gasteiger partial charge < -0.3 is 15.2 Å². The molecule has 90 valence electrons. The third kappa shape index (κ3) is 3.61. The van der Waals surface area contributed by atoms with Crippen LogP contribution >= 0.6 is 11.8 Å². The zero-order valence-corrected chi connectivity index (χ0v) is 10.8. The lowest BCUT2D eigenvalue weighted by atomic mass is 10.2. The van der Waals surface area contributed by atoms with Crippen molar-refractivity contribution in [1.82, 2.24) is 0 Å². The molecular formula is C12H19NO2S. The van der Waals surface area contributed by atoms with Crippen LogP contribution in [0.3, 0.4) is 0 Å². The van der Waals surface area contributed by atoms with Crippen molar-refractivity contribution in [3.8, 4) is 11.5 Å². The molecule has 0 saturated carbocycles. The number of rotatable bonds is 6. The second-order valence-electron chi connectivity index (χ2n) is 3.67. The Kier molecular flexibility index (Phi) is 5.49. The van der Waals surface area contributed by atoms with Gasteiger partial charge in [0, 0.05) is 10.6 Å². The molecule has 1 atom stereocenters. The van der Waals surface area contributed by atoms with Crippen LogP contribution in [0.25, 0.3) is 0 Å². The molecule has 1 aromatic carbocycles. The summed E-state index contributed by atoms with van der Waals surface area (Å²) in [4.78, 5) is 1.18. The molecule has 0 amide bonds. The Bertz CT molecular complexity index is 331. The third-order valence-corrected chi connectivity index (χ3v) is 3.61. The number of ether oxygens (including phenoxy) is 2. The van der Waals surface area contributed by atoms with Crippen molar-refractivity contribution < 1.29 is 9.47 Å². The summed E-state index contributed by atoms with van der Waals surface area (Å²) in [5.41, 5.74) is 5.58.